The van der Waals surface area contributed by atoms with Crippen LogP contribution in [0.15, 0.2) is 42.6 Å². The fourth-order valence-electron chi connectivity index (χ4n) is 2.00. The number of anilines is 1. The van der Waals surface area contributed by atoms with Crippen LogP contribution in [0.4, 0.5) is 5.82 Å². The molecule has 0 aliphatic rings. The van der Waals surface area contributed by atoms with Gasteiger partial charge in [-0.15, -0.1) is 0 Å². The molecule has 4 nitrogen and oxygen atoms in total. The number of rotatable bonds is 7. The molecule has 5 heteroatoms. The fourth-order valence-corrected chi connectivity index (χ4v) is 2.13. The van der Waals surface area contributed by atoms with Gasteiger partial charge in [0.25, 0.3) is 5.91 Å². The molecule has 0 aliphatic carbocycles. The second-order valence-electron chi connectivity index (χ2n) is 5.85. The molecule has 0 unspecified atom stereocenters. The predicted molar refractivity (Wildman–Crippen MR) is 94.8 cm³/mol. The van der Waals surface area contributed by atoms with Crippen molar-refractivity contribution in [1.29, 1.82) is 0 Å². The molecule has 0 saturated carbocycles. The quantitative estimate of drug-likeness (QED) is 0.802. The maximum absolute atomic E-state index is 12.0. The Kier molecular flexibility index (Phi) is 6.41. The smallest absolute Gasteiger partial charge is 0.252 e. The Bertz CT molecular complexity index is 624. The number of carbonyl (C=O) groups is 1. The lowest BCUT2D eigenvalue weighted by molar-refractivity contribution is 0.0951. The van der Waals surface area contributed by atoms with Crippen molar-refractivity contribution in [2.45, 2.75) is 26.8 Å². The van der Waals surface area contributed by atoms with Crippen molar-refractivity contribution >= 4 is 23.3 Å². The van der Waals surface area contributed by atoms with Gasteiger partial charge in [-0.05, 0) is 42.2 Å². The van der Waals surface area contributed by atoms with E-state index in [0.29, 0.717) is 24.6 Å². The average molecular weight is 332 g/mol. The lowest BCUT2D eigenvalue weighted by atomic mass is 10.1. The van der Waals surface area contributed by atoms with Crippen LogP contribution in [0, 0.1) is 5.92 Å². The molecule has 0 atom stereocenters. The van der Waals surface area contributed by atoms with Crippen LogP contribution in [0.3, 0.4) is 0 Å². The van der Waals surface area contributed by atoms with Gasteiger partial charge in [-0.3, -0.25) is 4.79 Å². The molecule has 2 N–H and O–H groups in total. The summed E-state index contributed by atoms with van der Waals surface area (Å²) in [5.41, 5.74) is 1.69. The van der Waals surface area contributed by atoms with Gasteiger partial charge in [-0.1, -0.05) is 37.6 Å². The number of amides is 1. The van der Waals surface area contributed by atoms with Crippen LogP contribution < -0.4 is 10.6 Å². The van der Waals surface area contributed by atoms with E-state index in [4.69, 9.17) is 11.6 Å². The third-order valence-electron chi connectivity index (χ3n) is 3.42. The summed E-state index contributed by atoms with van der Waals surface area (Å²) >= 11 is 5.86. The molecule has 23 heavy (non-hydrogen) atoms. The highest BCUT2D eigenvalue weighted by Gasteiger charge is 2.06. The molecule has 1 amide bonds. The van der Waals surface area contributed by atoms with Crippen molar-refractivity contribution < 1.29 is 4.79 Å². The van der Waals surface area contributed by atoms with Crippen LogP contribution >= 0.6 is 11.6 Å². The van der Waals surface area contributed by atoms with Crippen molar-refractivity contribution in [2.24, 2.45) is 5.92 Å². The minimum absolute atomic E-state index is 0.0811. The summed E-state index contributed by atoms with van der Waals surface area (Å²) in [6.45, 7) is 5.61. The largest absolute Gasteiger partial charge is 0.366 e. The fraction of sp³-hybridized carbons (Fsp3) is 0.333. The van der Waals surface area contributed by atoms with E-state index in [2.05, 4.69) is 29.5 Å². The Labute approximate surface area is 142 Å². The second kappa shape index (κ2) is 8.53. The monoisotopic (exact) mass is 331 g/mol. The van der Waals surface area contributed by atoms with Crippen LogP contribution in [0.1, 0.15) is 36.2 Å². The van der Waals surface area contributed by atoms with E-state index in [0.717, 1.165) is 22.8 Å². The molecular weight excluding hydrogens is 310 g/mol. The van der Waals surface area contributed by atoms with Crippen molar-refractivity contribution in [3.8, 4) is 0 Å². The maximum Gasteiger partial charge on any atom is 0.252 e. The minimum Gasteiger partial charge on any atom is -0.366 e. The van der Waals surface area contributed by atoms with Crippen molar-refractivity contribution in [3.63, 3.8) is 0 Å². The van der Waals surface area contributed by atoms with E-state index in [9.17, 15) is 4.79 Å². The van der Waals surface area contributed by atoms with Gasteiger partial charge in [0, 0.05) is 24.3 Å². The van der Waals surface area contributed by atoms with Gasteiger partial charge < -0.3 is 10.6 Å². The van der Waals surface area contributed by atoms with Crippen molar-refractivity contribution in [3.05, 3.63) is 58.7 Å². The number of hydrogen-bond donors (Lipinski definition) is 2. The van der Waals surface area contributed by atoms with Gasteiger partial charge in [-0.2, -0.15) is 0 Å². The lowest BCUT2D eigenvalue weighted by Crippen LogP contribution is -2.25. The van der Waals surface area contributed by atoms with Crippen LogP contribution in [0.2, 0.25) is 5.02 Å². The molecule has 0 radical (unpaired) electrons. The molecule has 0 bridgehead atoms. The van der Waals surface area contributed by atoms with Crippen LogP contribution in [0.25, 0.3) is 0 Å². The summed E-state index contributed by atoms with van der Waals surface area (Å²) in [4.78, 5) is 16.2. The molecular formula is C18H22ClN3O. The first kappa shape index (κ1) is 17.3. The Hall–Kier alpha value is -2.07. The first-order valence-electron chi connectivity index (χ1n) is 7.77. The Morgan fingerprint density at radius 3 is 2.52 bits per heavy atom. The molecule has 2 aromatic rings. The number of nitrogens with one attached hydrogen (secondary N) is 2. The highest BCUT2D eigenvalue weighted by molar-refractivity contribution is 6.30. The highest BCUT2D eigenvalue weighted by atomic mass is 35.5. The molecule has 1 aromatic heterocycles. The van der Waals surface area contributed by atoms with E-state index < -0.39 is 0 Å². The molecule has 1 heterocycles. The summed E-state index contributed by atoms with van der Waals surface area (Å²) in [7, 11) is 0. The zero-order valence-electron chi connectivity index (χ0n) is 13.5. The van der Waals surface area contributed by atoms with E-state index in [1.807, 2.05) is 30.3 Å². The summed E-state index contributed by atoms with van der Waals surface area (Å²) in [6.07, 6.45) is 2.56. The summed E-state index contributed by atoms with van der Waals surface area (Å²) in [6, 6.07) is 11.2. The molecule has 2 rings (SSSR count). The average Bonchev–Trinajstić information content (AvgIpc) is 2.54. The zero-order chi connectivity index (χ0) is 16.7. The first-order chi connectivity index (χ1) is 11.0. The second-order valence-corrected chi connectivity index (χ2v) is 6.29. The van der Waals surface area contributed by atoms with E-state index in [1.165, 1.54) is 0 Å². The number of pyridine rings is 1. The van der Waals surface area contributed by atoms with Gasteiger partial charge in [0.2, 0.25) is 0 Å². The van der Waals surface area contributed by atoms with Gasteiger partial charge in [0.05, 0.1) is 5.56 Å². The number of halogens is 1. The van der Waals surface area contributed by atoms with Crippen LogP contribution in [-0.2, 0) is 6.54 Å². The minimum atomic E-state index is -0.0811. The molecule has 0 spiro atoms. The third-order valence-corrected chi connectivity index (χ3v) is 3.67. The first-order valence-corrected chi connectivity index (χ1v) is 8.15. The van der Waals surface area contributed by atoms with Crippen LogP contribution in [-0.4, -0.2) is 17.4 Å². The van der Waals surface area contributed by atoms with Crippen molar-refractivity contribution in [1.82, 2.24) is 10.3 Å². The third kappa shape index (κ3) is 5.91. The molecule has 0 saturated heterocycles. The molecule has 0 fully saturated rings. The van der Waals surface area contributed by atoms with Gasteiger partial charge in [-0.25, -0.2) is 4.98 Å². The lowest BCUT2D eigenvalue weighted by Gasteiger charge is -2.08. The Morgan fingerprint density at radius 1 is 1.17 bits per heavy atom. The van der Waals surface area contributed by atoms with Gasteiger partial charge in [0.15, 0.2) is 0 Å². The summed E-state index contributed by atoms with van der Waals surface area (Å²) in [5, 5.41) is 6.84. The normalized spacial score (nSPS) is 10.6. The topological polar surface area (TPSA) is 54.0 Å². The molecule has 1 aromatic carbocycles. The van der Waals surface area contributed by atoms with Gasteiger partial charge >= 0.3 is 0 Å². The predicted octanol–water partition coefficient (Wildman–Crippen LogP) is 4.12. The number of benzene rings is 1. The number of aromatic nitrogens is 1. The molecule has 0 aliphatic heterocycles. The van der Waals surface area contributed by atoms with E-state index in [-0.39, 0.29) is 5.91 Å². The summed E-state index contributed by atoms with van der Waals surface area (Å²) in [5.74, 6) is 1.23. The van der Waals surface area contributed by atoms with E-state index >= 15 is 0 Å². The van der Waals surface area contributed by atoms with Gasteiger partial charge in [0.1, 0.15) is 5.82 Å². The molecule has 122 valence electrons. The summed E-state index contributed by atoms with van der Waals surface area (Å²) < 4.78 is 0. The highest BCUT2D eigenvalue weighted by Crippen LogP contribution is 2.11. The Balaban J connectivity index is 1.84. The Morgan fingerprint density at radius 2 is 1.91 bits per heavy atom. The number of hydrogen-bond acceptors (Lipinski definition) is 3. The standard InChI is InChI=1S/C18H22ClN3O/c1-13(2)9-10-20-18(23)15-5-8-17(22-12-15)21-11-14-3-6-16(19)7-4-14/h3-8,12-13H,9-11H2,1-2H3,(H,20,23)(H,21,22). The number of nitrogens with zero attached hydrogens (tertiary/aromatic N) is 1. The van der Waals surface area contributed by atoms with E-state index in [1.54, 1.807) is 12.3 Å². The number of carbonyl (C=O) groups excluding carboxylic acids is 1. The SMILES string of the molecule is CC(C)CCNC(=O)c1ccc(NCc2ccc(Cl)cc2)nc1. The van der Waals surface area contributed by atoms with Crippen LogP contribution in [0.5, 0.6) is 0 Å². The van der Waals surface area contributed by atoms with Crippen molar-refractivity contribution in [2.75, 3.05) is 11.9 Å². The zero-order valence-corrected chi connectivity index (χ0v) is 14.2. The maximum atomic E-state index is 12.0.